The Kier molecular flexibility index (Phi) is 7.32. The predicted molar refractivity (Wildman–Crippen MR) is 86.3 cm³/mol. The van der Waals surface area contributed by atoms with Gasteiger partial charge in [-0.3, -0.25) is 0 Å². The van der Waals surface area contributed by atoms with Crippen LogP contribution in [-0.4, -0.2) is 24.7 Å². The van der Waals surface area contributed by atoms with E-state index in [1.165, 1.54) is 11.1 Å². The molecule has 0 amide bonds. The van der Waals surface area contributed by atoms with E-state index in [4.69, 9.17) is 10.5 Å². The Labute approximate surface area is 122 Å². The highest BCUT2D eigenvalue weighted by molar-refractivity contribution is 7.99. The van der Waals surface area contributed by atoms with Gasteiger partial charge in [-0.2, -0.15) is 11.8 Å². The van der Waals surface area contributed by atoms with Gasteiger partial charge in [0.1, 0.15) is 5.75 Å². The molecule has 0 fully saturated rings. The molecule has 1 unspecified atom stereocenters. The quantitative estimate of drug-likeness (QED) is 0.736. The molecule has 3 heteroatoms. The van der Waals surface area contributed by atoms with Gasteiger partial charge in [-0.25, -0.2) is 0 Å². The maximum Gasteiger partial charge on any atom is 0.119 e. The third kappa shape index (κ3) is 5.87. The summed E-state index contributed by atoms with van der Waals surface area (Å²) in [6.07, 6.45) is 0. The number of thioether (sulfide) groups is 1. The van der Waals surface area contributed by atoms with E-state index in [1.807, 2.05) is 11.8 Å². The molecule has 0 radical (unpaired) electrons. The van der Waals surface area contributed by atoms with Gasteiger partial charge in [0, 0.05) is 5.75 Å². The van der Waals surface area contributed by atoms with Crippen LogP contribution in [-0.2, 0) is 0 Å². The standard InChI is InChI=1S/C16H27NOS/c1-12(2)16-6-5-15(9-14(16)4)18-7-8-19-11-13(3)10-17/h5-6,9,12-13H,7-8,10-11,17H2,1-4H3. The molecule has 1 aromatic carbocycles. The lowest BCUT2D eigenvalue weighted by atomic mass is 9.98. The third-order valence-corrected chi connectivity index (χ3v) is 4.42. The first-order chi connectivity index (χ1) is 9.04. The van der Waals surface area contributed by atoms with Gasteiger partial charge >= 0.3 is 0 Å². The van der Waals surface area contributed by atoms with Crippen LogP contribution in [0, 0.1) is 12.8 Å². The molecule has 0 aliphatic rings. The minimum Gasteiger partial charge on any atom is -0.493 e. The largest absolute Gasteiger partial charge is 0.493 e. The molecule has 2 N–H and O–H groups in total. The van der Waals surface area contributed by atoms with Gasteiger partial charge in [0.05, 0.1) is 6.61 Å². The second kappa shape index (κ2) is 8.49. The zero-order valence-corrected chi connectivity index (χ0v) is 13.4. The van der Waals surface area contributed by atoms with Gasteiger partial charge in [-0.15, -0.1) is 0 Å². The lowest BCUT2D eigenvalue weighted by Crippen LogP contribution is -2.13. The Bertz CT molecular complexity index is 379. The minimum absolute atomic E-state index is 0.572. The van der Waals surface area contributed by atoms with E-state index in [2.05, 4.69) is 45.9 Å². The Morgan fingerprint density at radius 1 is 1.26 bits per heavy atom. The fourth-order valence-electron chi connectivity index (χ4n) is 1.96. The van der Waals surface area contributed by atoms with Crippen molar-refractivity contribution in [3.8, 4) is 5.75 Å². The van der Waals surface area contributed by atoms with Gasteiger partial charge in [-0.05, 0) is 54.3 Å². The van der Waals surface area contributed by atoms with Gasteiger partial charge in [0.15, 0.2) is 0 Å². The number of rotatable bonds is 8. The molecule has 0 heterocycles. The van der Waals surface area contributed by atoms with Crippen LogP contribution in [0.3, 0.4) is 0 Å². The van der Waals surface area contributed by atoms with Crippen molar-refractivity contribution < 1.29 is 4.74 Å². The summed E-state index contributed by atoms with van der Waals surface area (Å²) in [7, 11) is 0. The average molecular weight is 281 g/mol. The summed E-state index contributed by atoms with van der Waals surface area (Å²) in [4.78, 5) is 0. The van der Waals surface area contributed by atoms with Crippen LogP contribution in [0.25, 0.3) is 0 Å². The van der Waals surface area contributed by atoms with Gasteiger partial charge < -0.3 is 10.5 Å². The molecule has 0 saturated heterocycles. The van der Waals surface area contributed by atoms with Crippen molar-refractivity contribution in [1.82, 2.24) is 0 Å². The molecule has 0 saturated carbocycles. The molecule has 19 heavy (non-hydrogen) atoms. The smallest absolute Gasteiger partial charge is 0.119 e. The van der Waals surface area contributed by atoms with Crippen molar-refractivity contribution in [1.29, 1.82) is 0 Å². The van der Waals surface area contributed by atoms with Crippen molar-refractivity contribution in [2.75, 3.05) is 24.7 Å². The monoisotopic (exact) mass is 281 g/mol. The van der Waals surface area contributed by atoms with Gasteiger partial charge in [0.2, 0.25) is 0 Å². The number of hydrogen-bond donors (Lipinski definition) is 1. The van der Waals surface area contributed by atoms with Crippen LogP contribution < -0.4 is 10.5 Å². The topological polar surface area (TPSA) is 35.2 Å². The van der Waals surface area contributed by atoms with Crippen molar-refractivity contribution in [2.45, 2.75) is 33.6 Å². The number of ether oxygens (including phenoxy) is 1. The Hall–Kier alpha value is -0.670. The van der Waals surface area contributed by atoms with Crippen LogP contribution in [0.5, 0.6) is 5.75 Å². The van der Waals surface area contributed by atoms with Crippen LogP contribution >= 0.6 is 11.8 Å². The van der Waals surface area contributed by atoms with Gasteiger partial charge in [-0.1, -0.05) is 26.8 Å². The number of hydrogen-bond acceptors (Lipinski definition) is 3. The summed E-state index contributed by atoms with van der Waals surface area (Å²) in [6.45, 7) is 10.3. The van der Waals surface area contributed by atoms with Crippen molar-refractivity contribution in [3.05, 3.63) is 29.3 Å². The van der Waals surface area contributed by atoms with E-state index in [0.717, 1.165) is 30.4 Å². The lowest BCUT2D eigenvalue weighted by molar-refractivity contribution is 0.343. The van der Waals surface area contributed by atoms with E-state index in [9.17, 15) is 0 Å². The van der Waals surface area contributed by atoms with Crippen LogP contribution in [0.1, 0.15) is 37.8 Å². The molecule has 0 aromatic heterocycles. The van der Waals surface area contributed by atoms with E-state index in [-0.39, 0.29) is 0 Å². The lowest BCUT2D eigenvalue weighted by Gasteiger charge is -2.13. The second-order valence-corrected chi connectivity index (χ2v) is 6.59. The maximum atomic E-state index is 5.78. The minimum atomic E-state index is 0.572. The van der Waals surface area contributed by atoms with E-state index in [1.54, 1.807) is 0 Å². The van der Waals surface area contributed by atoms with Gasteiger partial charge in [0.25, 0.3) is 0 Å². The molecule has 0 spiro atoms. The Morgan fingerprint density at radius 3 is 2.58 bits per heavy atom. The SMILES string of the molecule is Cc1cc(OCCSCC(C)CN)ccc1C(C)C. The maximum absolute atomic E-state index is 5.78. The van der Waals surface area contributed by atoms with Crippen LogP contribution in [0.4, 0.5) is 0 Å². The number of nitrogens with two attached hydrogens (primary N) is 1. The normalized spacial score (nSPS) is 12.7. The highest BCUT2D eigenvalue weighted by Gasteiger charge is 2.05. The Balaban J connectivity index is 2.32. The molecule has 0 bridgehead atoms. The summed E-state index contributed by atoms with van der Waals surface area (Å²) in [5.74, 6) is 4.29. The zero-order chi connectivity index (χ0) is 14.3. The zero-order valence-electron chi connectivity index (χ0n) is 12.6. The fourth-order valence-corrected chi connectivity index (χ4v) is 2.86. The molecule has 1 rings (SSSR count). The van der Waals surface area contributed by atoms with Crippen LogP contribution in [0.15, 0.2) is 18.2 Å². The summed E-state index contributed by atoms with van der Waals surface area (Å²) in [5.41, 5.74) is 8.31. The number of benzene rings is 1. The molecule has 0 aliphatic carbocycles. The molecular formula is C16H27NOS. The van der Waals surface area contributed by atoms with Crippen molar-refractivity contribution in [3.63, 3.8) is 0 Å². The summed E-state index contributed by atoms with van der Waals surface area (Å²) < 4.78 is 5.78. The molecule has 108 valence electrons. The predicted octanol–water partition coefficient (Wildman–Crippen LogP) is 3.83. The summed E-state index contributed by atoms with van der Waals surface area (Å²) in [5, 5.41) is 0. The summed E-state index contributed by atoms with van der Waals surface area (Å²) >= 11 is 1.91. The first-order valence-electron chi connectivity index (χ1n) is 7.05. The molecule has 0 aliphatic heterocycles. The molecular weight excluding hydrogens is 254 g/mol. The highest BCUT2D eigenvalue weighted by Crippen LogP contribution is 2.23. The van der Waals surface area contributed by atoms with Crippen molar-refractivity contribution in [2.24, 2.45) is 11.7 Å². The second-order valence-electron chi connectivity index (χ2n) is 5.44. The first kappa shape index (κ1) is 16.4. The van der Waals surface area contributed by atoms with E-state index in [0.29, 0.717) is 11.8 Å². The average Bonchev–Trinajstić information content (AvgIpc) is 2.37. The Morgan fingerprint density at radius 2 is 2.00 bits per heavy atom. The summed E-state index contributed by atoms with van der Waals surface area (Å²) in [6, 6.07) is 6.40. The highest BCUT2D eigenvalue weighted by atomic mass is 32.2. The molecule has 2 nitrogen and oxygen atoms in total. The molecule has 1 aromatic rings. The van der Waals surface area contributed by atoms with E-state index >= 15 is 0 Å². The third-order valence-electron chi connectivity index (χ3n) is 3.16. The fraction of sp³-hybridized carbons (Fsp3) is 0.625. The first-order valence-corrected chi connectivity index (χ1v) is 8.21. The van der Waals surface area contributed by atoms with E-state index < -0.39 is 0 Å². The van der Waals surface area contributed by atoms with Crippen molar-refractivity contribution >= 4 is 11.8 Å². The number of aryl methyl sites for hydroxylation is 1. The molecule has 1 atom stereocenters. The van der Waals surface area contributed by atoms with Crippen LogP contribution in [0.2, 0.25) is 0 Å².